The van der Waals surface area contributed by atoms with Crippen molar-refractivity contribution >= 4 is 27.5 Å². The molecule has 0 saturated carbocycles. The van der Waals surface area contributed by atoms with Gasteiger partial charge in [0, 0.05) is 19.5 Å². The van der Waals surface area contributed by atoms with Gasteiger partial charge in [0.15, 0.2) is 0 Å². The van der Waals surface area contributed by atoms with Gasteiger partial charge in [-0.3, -0.25) is 13.9 Å². The second-order valence-corrected chi connectivity index (χ2v) is 11.5. The lowest BCUT2D eigenvalue weighted by Gasteiger charge is -2.33. The number of carbonyl (C=O) groups is 2. The fourth-order valence-corrected chi connectivity index (χ4v) is 5.15. The van der Waals surface area contributed by atoms with Crippen molar-refractivity contribution in [1.29, 1.82) is 0 Å². The van der Waals surface area contributed by atoms with E-state index in [1.807, 2.05) is 68.4 Å². The van der Waals surface area contributed by atoms with Crippen LogP contribution in [0.5, 0.6) is 0 Å². The van der Waals surface area contributed by atoms with Crippen LogP contribution in [0.1, 0.15) is 36.5 Å². The van der Waals surface area contributed by atoms with Crippen molar-refractivity contribution in [3.8, 4) is 0 Å². The number of rotatable bonds is 13. The molecular formula is C30H36FN3O4S. The monoisotopic (exact) mass is 553 g/mol. The van der Waals surface area contributed by atoms with E-state index < -0.39 is 34.3 Å². The Balaban J connectivity index is 2.03. The van der Waals surface area contributed by atoms with E-state index in [0.29, 0.717) is 6.54 Å². The van der Waals surface area contributed by atoms with E-state index in [9.17, 15) is 22.4 Å². The zero-order chi connectivity index (χ0) is 28.4. The van der Waals surface area contributed by atoms with Crippen molar-refractivity contribution in [3.63, 3.8) is 0 Å². The highest BCUT2D eigenvalue weighted by Gasteiger charge is 2.33. The predicted molar refractivity (Wildman–Crippen MR) is 152 cm³/mol. The van der Waals surface area contributed by atoms with Crippen molar-refractivity contribution in [2.24, 2.45) is 0 Å². The number of amides is 2. The molecule has 0 bridgehead atoms. The normalized spacial score (nSPS) is 12.0. The molecule has 2 amide bonds. The Hall–Kier alpha value is -3.72. The molecule has 7 nitrogen and oxygen atoms in total. The third-order valence-corrected chi connectivity index (χ3v) is 7.45. The molecule has 0 spiro atoms. The van der Waals surface area contributed by atoms with Crippen LogP contribution in [0, 0.1) is 12.7 Å². The van der Waals surface area contributed by atoms with Crippen LogP contribution >= 0.6 is 0 Å². The molecule has 1 N–H and O–H groups in total. The van der Waals surface area contributed by atoms with Crippen LogP contribution in [0.2, 0.25) is 0 Å². The van der Waals surface area contributed by atoms with Gasteiger partial charge in [-0.05, 0) is 42.7 Å². The summed E-state index contributed by atoms with van der Waals surface area (Å²) in [5, 5.41) is 2.94. The summed E-state index contributed by atoms with van der Waals surface area (Å²) in [5.74, 6) is -1.51. The lowest BCUT2D eigenvalue weighted by atomic mass is 10.0. The fraction of sp³-hybridized carbons (Fsp3) is 0.333. The molecule has 0 aliphatic rings. The zero-order valence-electron chi connectivity index (χ0n) is 22.6. The lowest BCUT2D eigenvalue weighted by Crippen LogP contribution is -2.53. The summed E-state index contributed by atoms with van der Waals surface area (Å²) in [4.78, 5) is 28.9. The molecule has 0 heterocycles. The van der Waals surface area contributed by atoms with Crippen LogP contribution in [0.3, 0.4) is 0 Å². The summed E-state index contributed by atoms with van der Waals surface area (Å²) in [5.41, 5.74) is 2.69. The maximum atomic E-state index is 14.0. The maximum Gasteiger partial charge on any atom is 0.244 e. The van der Waals surface area contributed by atoms with Gasteiger partial charge in [-0.25, -0.2) is 12.8 Å². The van der Waals surface area contributed by atoms with Gasteiger partial charge in [0.05, 0.1) is 11.9 Å². The van der Waals surface area contributed by atoms with Crippen LogP contribution in [0.4, 0.5) is 10.1 Å². The van der Waals surface area contributed by atoms with Gasteiger partial charge in [-0.15, -0.1) is 0 Å². The molecule has 3 aromatic rings. The van der Waals surface area contributed by atoms with Crippen LogP contribution in [0.25, 0.3) is 0 Å². The van der Waals surface area contributed by atoms with Gasteiger partial charge in [0.2, 0.25) is 21.8 Å². The molecule has 0 unspecified atom stereocenters. The molecular weight excluding hydrogens is 517 g/mol. The van der Waals surface area contributed by atoms with E-state index in [1.165, 1.54) is 23.1 Å². The first kappa shape index (κ1) is 29.8. The standard InChI is InChI=1S/C30H36FN3O4S/c1-4-5-17-32-30(36)28(19-24-12-7-6-8-13-24)33(21-25-14-9-11-23(2)18-25)29(35)22-34(39(3,37)38)27-16-10-15-26(31)20-27/h6-16,18,20,28H,4-5,17,19,21-22H2,1-3H3,(H,32,36)/t28-/m0/s1. The Morgan fingerprint density at radius 2 is 1.64 bits per heavy atom. The second-order valence-electron chi connectivity index (χ2n) is 9.61. The second kappa shape index (κ2) is 13.9. The predicted octanol–water partition coefficient (Wildman–Crippen LogP) is 4.46. The minimum Gasteiger partial charge on any atom is -0.354 e. The third kappa shape index (κ3) is 8.92. The van der Waals surface area contributed by atoms with Gasteiger partial charge in [-0.1, -0.05) is 79.6 Å². The summed E-state index contributed by atoms with van der Waals surface area (Å²) < 4.78 is 40.3. The summed E-state index contributed by atoms with van der Waals surface area (Å²) in [6.07, 6.45) is 2.90. The van der Waals surface area contributed by atoms with Crippen LogP contribution in [-0.4, -0.2) is 50.5 Å². The molecule has 0 aliphatic heterocycles. The number of carbonyl (C=O) groups excluding carboxylic acids is 2. The van der Waals surface area contributed by atoms with Crippen molar-refractivity contribution in [2.45, 2.75) is 45.7 Å². The highest BCUT2D eigenvalue weighted by Crippen LogP contribution is 2.21. The number of nitrogens with one attached hydrogen (secondary N) is 1. The smallest absolute Gasteiger partial charge is 0.244 e. The molecule has 0 fully saturated rings. The van der Waals surface area contributed by atoms with E-state index in [-0.39, 0.29) is 24.6 Å². The molecule has 9 heteroatoms. The number of hydrogen-bond acceptors (Lipinski definition) is 4. The molecule has 208 valence electrons. The Kier molecular flexibility index (Phi) is 10.6. The molecule has 3 aromatic carbocycles. The van der Waals surface area contributed by atoms with E-state index in [2.05, 4.69) is 5.32 Å². The molecule has 0 aliphatic carbocycles. The Labute approximate surface area is 230 Å². The number of anilines is 1. The van der Waals surface area contributed by atoms with Gasteiger partial charge in [-0.2, -0.15) is 0 Å². The number of hydrogen-bond donors (Lipinski definition) is 1. The summed E-state index contributed by atoms with van der Waals surface area (Å²) >= 11 is 0. The Morgan fingerprint density at radius 3 is 2.28 bits per heavy atom. The minimum absolute atomic E-state index is 0.0355. The minimum atomic E-state index is -3.95. The lowest BCUT2D eigenvalue weighted by molar-refractivity contribution is -0.140. The molecule has 1 atom stereocenters. The van der Waals surface area contributed by atoms with E-state index in [0.717, 1.165) is 46.2 Å². The first-order chi connectivity index (χ1) is 18.6. The van der Waals surface area contributed by atoms with Crippen molar-refractivity contribution in [1.82, 2.24) is 10.2 Å². The number of halogens is 1. The SMILES string of the molecule is CCCCNC(=O)[C@H](Cc1ccccc1)N(Cc1cccc(C)c1)C(=O)CN(c1cccc(F)c1)S(C)(=O)=O. The molecule has 3 rings (SSSR count). The average molecular weight is 554 g/mol. The van der Waals surface area contributed by atoms with Crippen LogP contribution < -0.4 is 9.62 Å². The number of sulfonamides is 1. The molecule has 0 aromatic heterocycles. The highest BCUT2D eigenvalue weighted by molar-refractivity contribution is 7.92. The molecule has 39 heavy (non-hydrogen) atoms. The van der Waals surface area contributed by atoms with Gasteiger partial charge in [0.25, 0.3) is 0 Å². The molecule has 0 saturated heterocycles. The van der Waals surface area contributed by atoms with Crippen LogP contribution in [-0.2, 0) is 32.6 Å². The Bertz CT molecular complexity index is 1370. The summed E-state index contributed by atoms with van der Waals surface area (Å²) in [7, 11) is -3.95. The maximum absolute atomic E-state index is 14.0. The van der Waals surface area contributed by atoms with E-state index >= 15 is 0 Å². The largest absolute Gasteiger partial charge is 0.354 e. The first-order valence-corrected chi connectivity index (χ1v) is 14.8. The Morgan fingerprint density at radius 1 is 0.949 bits per heavy atom. The molecule has 0 radical (unpaired) electrons. The van der Waals surface area contributed by atoms with Crippen molar-refractivity contribution in [3.05, 3.63) is 101 Å². The number of nitrogens with zero attached hydrogens (tertiary/aromatic N) is 2. The van der Waals surface area contributed by atoms with E-state index in [1.54, 1.807) is 0 Å². The number of unbranched alkanes of at least 4 members (excludes halogenated alkanes) is 1. The highest BCUT2D eigenvalue weighted by atomic mass is 32.2. The topological polar surface area (TPSA) is 86.8 Å². The quantitative estimate of drug-likeness (QED) is 0.317. The van der Waals surface area contributed by atoms with Gasteiger partial charge >= 0.3 is 0 Å². The zero-order valence-corrected chi connectivity index (χ0v) is 23.5. The number of aryl methyl sites for hydroxylation is 1. The van der Waals surface area contributed by atoms with Crippen LogP contribution in [0.15, 0.2) is 78.9 Å². The van der Waals surface area contributed by atoms with Gasteiger partial charge in [0.1, 0.15) is 18.4 Å². The summed E-state index contributed by atoms with van der Waals surface area (Å²) in [6.45, 7) is 3.94. The fourth-order valence-electron chi connectivity index (χ4n) is 4.31. The van der Waals surface area contributed by atoms with Gasteiger partial charge < -0.3 is 10.2 Å². The van der Waals surface area contributed by atoms with Crippen molar-refractivity contribution < 1.29 is 22.4 Å². The third-order valence-electron chi connectivity index (χ3n) is 6.31. The number of benzene rings is 3. The summed E-state index contributed by atoms with van der Waals surface area (Å²) in [6, 6.07) is 21.2. The average Bonchev–Trinajstić information content (AvgIpc) is 2.89. The van der Waals surface area contributed by atoms with E-state index in [4.69, 9.17) is 0 Å². The first-order valence-electron chi connectivity index (χ1n) is 13.0. The van der Waals surface area contributed by atoms with Crippen molar-refractivity contribution in [2.75, 3.05) is 23.7 Å².